The van der Waals surface area contributed by atoms with Gasteiger partial charge in [-0.3, -0.25) is 0 Å². The van der Waals surface area contributed by atoms with Gasteiger partial charge in [-0.2, -0.15) is 0 Å². The summed E-state index contributed by atoms with van der Waals surface area (Å²) in [5.74, 6) is 1.71. The summed E-state index contributed by atoms with van der Waals surface area (Å²) in [7, 11) is 0. The highest BCUT2D eigenvalue weighted by atomic mass is 127. The molecular formula is C16H27IN4O. The topological polar surface area (TPSA) is 49.8 Å². The van der Waals surface area contributed by atoms with Crippen molar-refractivity contribution in [3.05, 3.63) is 23.9 Å². The second kappa shape index (κ2) is 10.6. The van der Waals surface area contributed by atoms with E-state index in [1.54, 1.807) is 0 Å². The average Bonchev–Trinajstić information content (AvgIpc) is 3.04. The molecule has 1 aromatic rings. The van der Waals surface area contributed by atoms with E-state index >= 15 is 0 Å². The van der Waals surface area contributed by atoms with Crippen LogP contribution >= 0.6 is 24.0 Å². The maximum atomic E-state index is 5.49. The zero-order valence-corrected chi connectivity index (χ0v) is 15.9. The van der Waals surface area contributed by atoms with Crippen LogP contribution < -0.4 is 10.1 Å². The maximum Gasteiger partial charge on any atom is 0.213 e. The van der Waals surface area contributed by atoms with Crippen LogP contribution in [0, 0.1) is 0 Å². The smallest absolute Gasteiger partial charge is 0.213 e. The van der Waals surface area contributed by atoms with Crippen LogP contribution in [-0.4, -0.2) is 42.1 Å². The van der Waals surface area contributed by atoms with Gasteiger partial charge < -0.3 is 15.0 Å². The van der Waals surface area contributed by atoms with Crippen molar-refractivity contribution in [2.24, 2.45) is 4.99 Å². The average molecular weight is 418 g/mol. The van der Waals surface area contributed by atoms with Gasteiger partial charge in [0.25, 0.3) is 0 Å². The van der Waals surface area contributed by atoms with Crippen LogP contribution in [0.5, 0.6) is 5.88 Å². The quantitative estimate of drug-likeness (QED) is 0.439. The number of nitrogens with one attached hydrogen (secondary N) is 1. The van der Waals surface area contributed by atoms with Crippen LogP contribution in [0.25, 0.3) is 0 Å². The van der Waals surface area contributed by atoms with E-state index in [0.717, 1.165) is 37.6 Å². The van der Waals surface area contributed by atoms with E-state index in [0.29, 0.717) is 19.0 Å². The Morgan fingerprint density at radius 3 is 2.68 bits per heavy atom. The molecule has 0 aromatic carbocycles. The predicted octanol–water partition coefficient (Wildman–Crippen LogP) is 3.05. The van der Waals surface area contributed by atoms with E-state index in [4.69, 9.17) is 9.73 Å². The van der Waals surface area contributed by atoms with Crippen molar-refractivity contribution in [1.29, 1.82) is 0 Å². The van der Waals surface area contributed by atoms with E-state index in [-0.39, 0.29) is 24.0 Å². The largest absolute Gasteiger partial charge is 0.478 e. The molecule has 0 atom stereocenters. The number of halogens is 1. The number of hydrogen-bond donors (Lipinski definition) is 1. The van der Waals surface area contributed by atoms with Crippen molar-refractivity contribution >= 4 is 29.9 Å². The monoisotopic (exact) mass is 418 g/mol. The Hall–Kier alpha value is -1.05. The first-order valence-corrected chi connectivity index (χ1v) is 7.94. The molecule has 22 heavy (non-hydrogen) atoms. The predicted molar refractivity (Wildman–Crippen MR) is 101 cm³/mol. The number of ether oxygens (including phenoxy) is 1. The van der Waals surface area contributed by atoms with E-state index < -0.39 is 0 Å². The molecule has 1 aliphatic rings. The Balaban J connectivity index is 0.00000242. The lowest BCUT2D eigenvalue weighted by Gasteiger charge is -2.20. The first-order valence-electron chi connectivity index (χ1n) is 7.94. The summed E-state index contributed by atoms with van der Waals surface area (Å²) >= 11 is 0. The molecule has 2 rings (SSSR count). The number of aromatic nitrogens is 1. The molecule has 0 aliphatic carbocycles. The Morgan fingerprint density at radius 2 is 2.09 bits per heavy atom. The van der Waals surface area contributed by atoms with Crippen LogP contribution in [-0.2, 0) is 6.54 Å². The lowest BCUT2D eigenvalue weighted by molar-refractivity contribution is 0.305. The molecule has 2 heterocycles. The first kappa shape index (κ1) is 19.0. The molecule has 1 aliphatic heterocycles. The molecule has 0 saturated carbocycles. The van der Waals surface area contributed by atoms with Crippen molar-refractivity contribution in [3.63, 3.8) is 0 Å². The summed E-state index contributed by atoms with van der Waals surface area (Å²) < 4.78 is 5.49. The molecule has 0 radical (unpaired) electrons. The minimum absolute atomic E-state index is 0. The standard InChI is InChI=1S/C16H26N4O.HI/c1-3-11-21-15-8-7-14(12-18-15)13-19-16(17-4-2)20-9-5-6-10-20;/h7-8,12H,3-6,9-11,13H2,1-2H3,(H,17,19);1H. The van der Waals surface area contributed by atoms with Crippen molar-refractivity contribution in [2.45, 2.75) is 39.7 Å². The van der Waals surface area contributed by atoms with Gasteiger partial charge in [0.1, 0.15) is 0 Å². The summed E-state index contributed by atoms with van der Waals surface area (Å²) in [6, 6.07) is 3.96. The van der Waals surface area contributed by atoms with Crippen LogP contribution in [0.1, 0.15) is 38.7 Å². The van der Waals surface area contributed by atoms with E-state index in [1.165, 1.54) is 12.8 Å². The van der Waals surface area contributed by atoms with Crippen molar-refractivity contribution in [2.75, 3.05) is 26.2 Å². The van der Waals surface area contributed by atoms with E-state index in [1.807, 2.05) is 18.3 Å². The highest BCUT2D eigenvalue weighted by Crippen LogP contribution is 2.11. The van der Waals surface area contributed by atoms with Gasteiger partial charge in [0, 0.05) is 31.9 Å². The van der Waals surface area contributed by atoms with Gasteiger partial charge in [-0.1, -0.05) is 13.0 Å². The number of rotatable bonds is 6. The van der Waals surface area contributed by atoms with Crippen LogP contribution in [0.15, 0.2) is 23.3 Å². The molecule has 124 valence electrons. The third-order valence-electron chi connectivity index (χ3n) is 3.40. The van der Waals surface area contributed by atoms with E-state index in [9.17, 15) is 0 Å². The van der Waals surface area contributed by atoms with Crippen molar-refractivity contribution in [3.8, 4) is 5.88 Å². The number of likely N-dealkylation sites (tertiary alicyclic amines) is 1. The van der Waals surface area contributed by atoms with Crippen LogP contribution in [0.4, 0.5) is 0 Å². The zero-order chi connectivity index (χ0) is 14.9. The fourth-order valence-corrected chi connectivity index (χ4v) is 2.32. The molecule has 6 heteroatoms. The summed E-state index contributed by atoms with van der Waals surface area (Å²) in [5.41, 5.74) is 1.11. The summed E-state index contributed by atoms with van der Waals surface area (Å²) in [6.45, 7) is 8.67. The number of hydrogen-bond acceptors (Lipinski definition) is 3. The third kappa shape index (κ3) is 5.98. The Bertz CT molecular complexity index is 444. The van der Waals surface area contributed by atoms with Gasteiger partial charge >= 0.3 is 0 Å². The van der Waals surface area contributed by atoms with Crippen molar-refractivity contribution < 1.29 is 4.74 Å². The van der Waals surface area contributed by atoms with E-state index in [2.05, 4.69) is 29.0 Å². The molecule has 0 bridgehead atoms. The molecule has 5 nitrogen and oxygen atoms in total. The van der Waals surface area contributed by atoms with Crippen molar-refractivity contribution in [1.82, 2.24) is 15.2 Å². The summed E-state index contributed by atoms with van der Waals surface area (Å²) in [4.78, 5) is 11.3. The van der Waals surface area contributed by atoms with Gasteiger partial charge in [-0.15, -0.1) is 24.0 Å². The van der Waals surface area contributed by atoms with Gasteiger partial charge in [0.05, 0.1) is 13.2 Å². The van der Waals surface area contributed by atoms with Crippen LogP contribution in [0.3, 0.4) is 0 Å². The van der Waals surface area contributed by atoms with Crippen LogP contribution in [0.2, 0.25) is 0 Å². The maximum absolute atomic E-state index is 5.49. The second-order valence-corrected chi connectivity index (χ2v) is 5.22. The SMILES string of the molecule is CCCOc1ccc(CN=C(NCC)N2CCCC2)cn1.I. The summed E-state index contributed by atoms with van der Waals surface area (Å²) in [6.07, 6.45) is 5.36. The molecule has 1 N–H and O–H groups in total. The van der Waals surface area contributed by atoms with Gasteiger partial charge in [-0.25, -0.2) is 9.98 Å². The molecule has 0 spiro atoms. The Labute approximate surface area is 150 Å². The van der Waals surface area contributed by atoms with Gasteiger partial charge in [-0.05, 0) is 31.7 Å². The number of pyridine rings is 1. The highest BCUT2D eigenvalue weighted by Gasteiger charge is 2.15. The molecule has 1 fully saturated rings. The number of aliphatic imine (C=N–C) groups is 1. The summed E-state index contributed by atoms with van der Waals surface area (Å²) in [5, 5.41) is 3.36. The third-order valence-corrected chi connectivity index (χ3v) is 3.40. The molecule has 0 unspecified atom stereocenters. The number of guanidine groups is 1. The minimum Gasteiger partial charge on any atom is -0.478 e. The molecular weight excluding hydrogens is 391 g/mol. The first-order chi connectivity index (χ1) is 10.3. The molecule has 0 amide bonds. The molecule has 1 aromatic heterocycles. The number of nitrogens with zero attached hydrogens (tertiary/aromatic N) is 3. The lowest BCUT2D eigenvalue weighted by Crippen LogP contribution is -2.39. The fraction of sp³-hybridized carbons (Fsp3) is 0.625. The highest BCUT2D eigenvalue weighted by molar-refractivity contribution is 14.0. The lowest BCUT2D eigenvalue weighted by atomic mass is 10.3. The van der Waals surface area contributed by atoms with Gasteiger partial charge in [0.15, 0.2) is 5.96 Å². The Morgan fingerprint density at radius 1 is 1.32 bits per heavy atom. The molecule has 1 saturated heterocycles. The second-order valence-electron chi connectivity index (χ2n) is 5.22. The van der Waals surface area contributed by atoms with Gasteiger partial charge in [0.2, 0.25) is 5.88 Å². The normalized spacial score (nSPS) is 14.6. The Kier molecular flexibility index (Phi) is 9.19. The zero-order valence-electron chi connectivity index (χ0n) is 13.5. The minimum atomic E-state index is 0. The fourth-order valence-electron chi connectivity index (χ4n) is 2.32.